The van der Waals surface area contributed by atoms with E-state index in [9.17, 15) is 4.79 Å². The zero-order valence-electron chi connectivity index (χ0n) is 15.6. The standard InChI is InChI=1S/C22H23Cl3N2O/c23-18-5-3-4-17-16(18)8-11-27(21(17)14-26-9-1-2-10-26)22(28)13-15-6-7-19(24)20(25)12-15/h3-7,12,21H,1-2,8-11,13-14H2. The van der Waals surface area contributed by atoms with Crippen molar-refractivity contribution in [2.45, 2.75) is 31.7 Å². The Balaban J connectivity index is 1.60. The molecule has 28 heavy (non-hydrogen) atoms. The van der Waals surface area contributed by atoms with Gasteiger partial charge in [-0.2, -0.15) is 0 Å². The minimum absolute atomic E-state index is 0.0378. The molecule has 0 spiro atoms. The summed E-state index contributed by atoms with van der Waals surface area (Å²) in [4.78, 5) is 17.7. The number of rotatable bonds is 4. The van der Waals surface area contributed by atoms with Crippen molar-refractivity contribution >= 4 is 40.7 Å². The van der Waals surface area contributed by atoms with Crippen LogP contribution in [0.25, 0.3) is 0 Å². The third kappa shape index (κ3) is 4.18. The first kappa shape index (κ1) is 20.0. The van der Waals surface area contributed by atoms with Crippen LogP contribution in [-0.4, -0.2) is 41.9 Å². The fraction of sp³-hybridized carbons (Fsp3) is 0.409. The molecule has 1 amide bonds. The molecule has 2 aliphatic rings. The number of carbonyl (C=O) groups is 1. The normalized spacial score (nSPS) is 19.7. The van der Waals surface area contributed by atoms with Crippen molar-refractivity contribution in [2.24, 2.45) is 0 Å². The third-order valence-electron chi connectivity index (χ3n) is 5.78. The molecule has 2 aromatic carbocycles. The smallest absolute Gasteiger partial charge is 0.227 e. The number of hydrogen-bond donors (Lipinski definition) is 0. The van der Waals surface area contributed by atoms with Gasteiger partial charge in [0.25, 0.3) is 0 Å². The maximum Gasteiger partial charge on any atom is 0.227 e. The van der Waals surface area contributed by atoms with E-state index in [0.29, 0.717) is 23.0 Å². The van der Waals surface area contributed by atoms with E-state index in [1.54, 1.807) is 12.1 Å². The zero-order valence-corrected chi connectivity index (χ0v) is 17.9. The van der Waals surface area contributed by atoms with Gasteiger partial charge in [0, 0.05) is 18.1 Å². The Morgan fingerprint density at radius 1 is 0.964 bits per heavy atom. The number of likely N-dealkylation sites (tertiary alicyclic amines) is 1. The topological polar surface area (TPSA) is 23.6 Å². The average molecular weight is 438 g/mol. The van der Waals surface area contributed by atoms with E-state index in [-0.39, 0.29) is 11.9 Å². The summed E-state index contributed by atoms with van der Waals surface area (Å²) in [5.74, 6) is 0.119. The molecule has 0 N–H and O–H groups in total. The monoisotopic (exact) mass is 436 g/mol. The van der Waals surface area contributed by atoms with Gasteiger partial charge in [-0.25, -0.2) is 0 Å². The van der Waals surface area contributed by atoms with E-state index < -0.39 is 0 Å². The molecule has 1 atom stereocenters. The molecule has 0 saturated carbocycles. The molecular formula is C22H23Cl3N2O. The number of halogens is 3. The summed E-state index contributed by atoms with van der Waals surface area (Å²) in [7, 11) is 0. The van der Waals surface area contributed by atoms with E-state index in [1.165, 1.54) is 24.0 Å². The molecule has 2 aromatic rings. The Bertz CT molecular complexity index is 880. The van der Waals surface area contributed by atoms with Gasteiger partial charge in [0.2, 0.25) is 5.91 Å². The van der Waals surface area contributed by atoms with E-state index >= 15 is 0 Å². The zero-order chi connectivity index (χ0) is 19.7. The fourth-order valence-electron chi connectivity index (χ4n) is 4.34. The van der Waals surface area contributed by atoms with E-state index in [1.807, 2.05) is 23.1 Å². The molecule has 2 aliphatic heterocycles. The van der Waals surface area contributed by atoms with Gasteiger partial charge in [0.05, 0.1) is 22.5 Å². The Morgan fingerprint density at radius 2 is 1.75 bits per heavy atom. The van der Waals surface area contributed by atoms with Crippen LogP contribution in [0.1, 0.15) is 35.6 Å². The Kier molecular flexibility index (Phi) is 6.17. The second-order valence-electron chi connectivity index (χ2n) is 7.59. The summed E-state index contributed by atoms with van der Waals surface area (Å²) in [6, 6.07) is 11.5. The van der Waals surface area contributed by atoms with Crippen molar-refractivity contribution in [3.05, 3.63) is 68.2 Å². The maximum atomic E-state index is 13.2. The lowest BCUT2D eigenvalue weighted by atomic mass is 9.91. The first-order valence-corrected chi connectivity index (χ1v) is 10.9. The number of nitrogens with zero attached hydrogens (tertiary/aromatic N) is 2. The Hall–Kier alpha value is -1.26. The summed E-state index contributed by atoms with van der Waals surface area (Å²) >= 11 is 18.6. The molecular weight excluding hydrogens is 415 g/mol. The molecule has 148 valence electrons. The van der Waals surface area contributed by atoms with Crippen molar-refractivity contribution in [1.82, 2.24) is 9.80 Å². The first-order valence-electron chi connectivity index (χ1n) is 9.76. The fourth-order valence-corrected chi connectivity index (χ4v) is 4.94. The van der Waals surface area contributed by atoms with Crippen LogP contribution in [-0.2, 0) is 17.6 Å². The predicted molar refractivity (Wildman–Crippen MR) is 115 cm³/mol. The van der Waals surface area contributed by atoms with Gasteiger partial charge in [0.15, 0.2) is 0 Å². The molecule has 0 bridgehead atoms. The highest BCUT2D eigenvalue weighted by Gasteiger charge is 2.33. The minimum Gasteiger partial charge on any atom is -0.334 e. The van der Waals surface area contributed by atoms with Crippen LogP contribution in [0.15, 0.2) is 36.4 Å². The van der Waals surface area contributed by atoms with Gasteiger partial charge in [-0.1, -0.05) is 53.0 Å². The van der Waals surface area contributed by atoms with Crippen molar-refractivity contribution in [2.75, 3.05) is 26.2 Å². The minimum atomic E-state index is 0.0378. The third-order valence-corrected chi connectivity index (χ3v) is 6.88. The summed E-state index contributed by atoms with van der Waals surface area (Å²) in [6.07, 6.45) is 3.57. The largest absolute Gasteiger partial charge is 0.334 e. The highest BCUT2D eigenvalue weighted by atomic mass is 35.5. The molecule has 0 aliphatic carbocycles. The summed E-state index contributed by atoms with van der Waals surface area (Å²) in [5.41, 5.74) is 3.26. The van der Waals surface area contributed by atoms with Gasteiger partial charge in [-0.05, 0) is 67.2 Å². The maximum absolute atomic E-state index is 13.2. The van der Waals surface area contributed by atoms with Crippen molar-refractivity contribution in [1.29, 1.82) is 0 Å². The van der Waals surface area contributed by atoms with E-state index in [2.05, 4.69) is 11.0 Å². The lowest BCUT2D eigenvalue weighted by molar-refractivity contribution is -0.133. The lowest BCUT2D eigenvalue weighted by Crippen LogP contribution is -2.45. The quantitative estimate of drug-likeness (QED) is 0.638. The van der Waals surface area contributed by atoms with Gasteiger partial charge in [-0.15, -0.1) is 0 Å². The van der Waals surface area contributed by atoms with Crippen molar-refractivity contribution < 1.29 is 4.79 Å². The molecule has 1 unspecified atom stereocenters. The van der Waals surface area contributed by atoms with Crippen LogP contribution in [0.5, 0.6) is 0 Å². The molecule has 1 fully saturated rings. The summed E-state index contributed by atoms with van der Waals surface area (Å²) in [5, 5.41) is 1.79. The van der Waals surface area contributed by atoms with E-state index in [0.717, 1.165) is 36.6 Å². The number of benzene rings is 2. The molecule has 0 aromatic heterocycles. The summed E-state index contributed by atoms with van der Waals surface area (Å²) in [6.45, 7) is 3.75. The second kappa shape index (κ2) is 8.62. The van der Waals surface area contributed by atoms with E-state index in [4.69, 9.17) is 34.8 Å². The molecule has 6 heteroatoms. The highest BCUT2D eigenvalue weighted by Crippen LogP contribution is 2.35. The van der Waals surface area contributed by atoms with Crippen LogP contribution >= 0.6 is 34.8 Å². The molecule has 1 saturated heterocycles. The second-order valence-corrected chi connectivity index (χ2v) is 8.82. The predicted octanol–water partition coefficient (Wildman–Crippen LogP) is 5.41. The number of fused-ring (bicyclic) bond motifs is 1. The molecule has 2 heterocycles. The van der Waals surface area contributed by atoms with Crippen LogP contribution < -0.4 is 0 Å². The van der Waals surface area contributed by atoms with Crippen molar-refractivity contribution in [3.8, 4) is 0 Å². The Labute approximate surface area is 181 Å². The molecule has 3 nitrogen and oxygen atoms in total. The van der Waals surface area contributed by atoms with Gasteiger partial charge >= 0.3 is 0 Å². The van der Waals surface area contributed by atoms with Crippen LogP contribution in [0.3, 0.4) is 0 Å². The lowest BCUT2D eigenvalue weighted by Gasteiger charge is -2.39. The first-order chi connectivity index (χ1) is 13.5. The molecule has 0 radical (unpaired) electrons. The molecule has 4 rings (SSSR count). The van der Waals surface area contributed by atoms with Gasteiger partial charge in [0.1, 0.15) is 0 Å². The van der Waals surface area contributed by atoms with Crippen LogP contribution in [0.4, 0.5) is 0 Å². The SMILES string of the molecule is O=C(Cc1ccc(Cl)c(Cl)c1)N1CCc2c(Cl)cccc2C1CN1CCCC1. The van der Waals surface area contributed by atoms with Gasteiger partial charge in [-0.3, -0.25) is 4.79 Å². The summed E-state index contributed by atoms with van der Waals surface area (Å²) < 4.78 is 0. The Morgan fingerprint density at radius 3 is 2.50 bits per heavy atom. The highest BCUT2D eigenvalue weighted by molar-refractivity contribution is 6.42. The average Bonchev–Trinajstić information content (AvgIpc) is 3.18. The number of hydrogen-bond acceptors (Lipinski definition) is 2. The van der Waals surface area contributed by atoms with Crippen LogP contribution in [0, 0.1) is 0 Å². The van der Waals surface area contributed by atoms with Gasteiger partial charge < -0.3 is 9.80 Å². The van der Waals surface area contributed by atoms with Crippen LogP contribution in [0.2, 0.25) is 15.1 Å². The number of amides is 1. The van der Waals surface area contributed by atoms with Crippen molar-refractivity contribution in [3.63, 3.8) is 0 Å². The number of carbonyl (C=O) groups excluding carboxylic acids is 1.